The number of aliphatic hydroxyl groups is 1. The summed E-state index contributed by atoms with van der Waals surface area (Å²) in [5.41, 5.74) is 0. The number of hydrogen-bond donors (Lipinski definition) is 1. The zero-order chi connectivity index (χ0) is 9.64. The van der Waals surface area contributed by atoms with E-state index in [9.17, 15) is 13.2 Å². The van der Waals surface area contributed by atoms with Crippen LogP contribution in [-0.2, 0) is 0 Å². The highest BCUT2D eigenvalue weighted by Crippen LogP contribution is 2.51. The van der Waals surface area contributed by atoms with Crippen LogP contribution in [0.5, 0.6) is 0 Å². The summed E-state index contributed by atoms with van der Waals surface area (Å²) in [6.07, 6.45) is -3.09. The van der Waals surface area contributed by atoms with Gasteiger partial charge in [0.1, 0.15) is 0 Å². The molecule has 4 heteroatoms. The van der Waals surface area contributed by atoms with Gasteiger partial charge in [0.25, 0.3) is 0 Å². The monoisotopic (exact) mass is 194 g/mol. The van der Waals surface area contributed by atoms with Gasteiger partial charge in [-0.1, -0.05) is 6.42 Å². The van der Waals surface area contributed by atoms with E-state index >= 15 is 0 Å². The molecule has 3 unspecified atom stereocenters. The van der Waals surface area contributed by atoms with Crippen molar-refractivity contribution in [2.45, 2.75) is 38.0 Å². The molecule has 2 aliphatic carbocycles. The fraction of sp³-hybridized carbons (Fsp3) is 1.00. The van der Waals surface area contributed by atoms with Gasteiger partial charge in [-0.3, -0.25) is 0 Å². The fourth-order valence-corrected chi connectivity index (χ4v) is 2.92. The third-order valence-electron chi connectivity index (χ3n) is 3.53. The molecule has 2 aliphatic rings. The average Bonchev–Trinajstić information content (AvgIpc) is 2.60. The van der Waals surface area contributed by atoms with Crippen molar-refractivity contribution in [1.82, 2.24) is 0 Å². The summed E-state index contributed by atoms with van der Waals surface area (Å²) in [5, 5.41) is 9.08. The molecule has 4 atom stereocenters. The van der Waals surface area contributed by atoms with Gasteiger partial charge < -0.3 is 5.11 Å². The first kappa shape index (κ1) is 9.31. The standard InChI is InChI=1S/C9H13F3O/c10-9(11,12)8(13)7-4-5-1-2-6(7)3-5/h5-8,13H,1-4H2/t5?,6?,7?,8-/m1/s1. The van der Waals surface area contributed by atoms with Crippen molar-refractivity contribution in [2.75, 3.05) is 0 Å². The van der Waals surface area contributed by atoms with Gasteiger partial charge >= 0.3 is 6.18 Å². The van der Waals surface area contributed by atoms with E-state index in [2.05, 4.69) is 0 Å². The van der Waals surface area contributed by atoms with Gasteiger partial charge in [-0.2, -0.15) is 13.2 Å². The zero-order valence-corrected chi connectivity index (χ0v) is 7.22. The number of aliphatic hydroxyl groups excluding tert-OH is 1. The Balaban J connectivity index is 2.02. The second-order valence-electron chi connectivity index (χ2n) is 4.33. The Hall–Kier alpha value is -0.250. The average molecular weight is 194 g/mol. The molecule has 76 valence electrons. The van der Waals surface area contributed by atoms with Gasteiger partial charge in [0, 0.05) is 0 Å². The molecule has 1 N–H and O–H groups in total. The van der Waals surface area contributed by atoms with E-state index < -0.39 is 18.2 Å². The van der Waals surface area contributed by atoms with Crippen molar-refractivity contribution in [3.05, 3.63) is 0 Å². The lowest BCUT2D eigenvalue weighted by molar-refractivity contribution is -0.224. The quantitative estimate of drug-likeness (QED) is 0.679. The lowest BCUT2D eigenvalue weighted by Gasteiger charge is -2.27. The van der Waals surface area contributed by atoms with Crippen molar-refractivity contribution < 1.29 is 18.3 Å². The minimum Gasteiger partial charge on any atom is -0.383 e. The summed E-state index contributed by atoms with van der Waals surface area (Å²) >= 11 is 0. The molecule has 2 saturated carbocycles. The van der Waals surface area contributed by atoms with Gasteiger partial charge in [0.2, 0.25) is 0 Å². The Kier molecular flexibility index (Phi) is 2.06. The second-order valence-corrected chi connectivity index (χ2v) is 4.33. The Morgan fingerprint density at radius 1 is 1.15 bits per heavy atom. The maximum Gasteiger partial charge on any atom is 0.414 e. The molecule has 0 aromatic rings. The van der Waals surface area contributed by atoms with Crippen LogP contribution >= 0.6 is 0 Å². The predicted molar refractivity (Wildman–Crippen MR) is 41.0 cm³/mol. The van der Waals surface area contributed by atoms with E-state index in [0.717, 1.165) is 19.3 Å². The maximum absolute atomic E-state index is 12.2. The Labute approximate surface area is 74.9 Å². The highest BCUT2D eigenvalue weighted by Gasteiger charge is 2.51. The van der Waals surface area contributed by atoms with Crippen molar-refractivity contribution in [2.24, 2.45) is 17.8 Å². The molecule has 0 heterocycles. The SMILES string of the molecule is O[C@H](C1CC2CCC1C2)C(F)(F)F. The van der Waals surface area contributed by atoms with Gasteiger partial charge in [0.05, 0.1) is 0 Å². The first-order chi connectivity index (χ1) is 5.98. The summed E-state index contributed by atoms with van der Waals surface area (Å²) in [6, 6.07) is 0. The first-order valence-electron chi connectivity index (χ1n) is 4.73. The van der Waals surface area contributed by atoms with E-state index in [-0.39, 0.29) is 5.92 Å². The highest BCUT2D eigenvalue weighted by molar-refractivity contribution is 4.94. The predicted octanol–water partition coefficient (Wildman–Crippen LogP) is 2.35. The summed E-state index contributed by atoms with van der Waals surface area (Å²) < 4.78 is 36.5. The van der Waals surface area contributed by atoms with E-state index in [1.807, 2.05) is 0 Å². The van der Waals surface area contributed by atoms with Crippen LogP contribution < -0.4 is 0 Å². The van der Waals surface area contributed by atoms with Gasteiger partial charge in [-0.05, 0) is 37.0 Å². The number of alkyl halides is 3. The highest BCUT2D eigenvalue weighted by atomic mass is 19.4. The molecule has 2 rings (SSSR count). The van der Waals surface area contributed by atoms with E-state index in [1.165, 1.54) is 0 Å². The third-order valence-corrected chi connectivity index (χ3v) is 3.53. The van der Waals surface area contributed by atoms with Crippen LogP contribution in [0.1, 0.15) is 25.7 Å². The Morgan fingerprint density at radius 2 is 1.85 bits per heavy atom. The lowest BCUT2D eigenvalue weighted by atomic mass is 9.84. The molecule has 0 aliphatic heterocycles. The second kappa shape index (κ2) is 2.87. The molecular formula is C9H13F3O. The molecule has 0 spiro atoms. The first-order valence-corrected chi connectivity index (χ1v) is 4.73. The smallest absolute Gasteiger partial charge is 0.383 e. The van der Waals surface area contributed by atoms with Crippen molar-refractivity contribution >= 4 is 0 Å². The summed E-state index contributed by atoms with van der Waals surface area (Å²) in [7, 11) is 0. The largest absolute Gasteiger partial charge is 0.414 e. The fourth-order valence-electron chi connectivity index (χ4n) is 2.92. The van der Waals surface area contributed by atoms with Crippen molar-refractivity contribution in [3.63, 3.8) is 0 Å². The van der Waals surface area contributed by atoms with Crippen LogP contribution in [0.15, 0.2) is 0 Å². The molecule has 0 aromatic carbocycles. The topological polar surface area (TPSA) is 20.2 Å². The molecule has 1 nitrogen and oxygen atoms in total. The van der Waals surface area contributed by atoms with Crippen LogP contribution in [0, 0.1) is 17.8 Å². The van der Waals surface area contributed by atoms with Crippen LogP contribution in [0.2, 0.25) is 0 Å². The summed E-state index contributed by atoms with van der Waals surface area (Å²) in [6.45, 7) is 0. The molecule has 0 amide bonds. The lowest BCUT2D eigenvalue weighted by Crippen LogP contribution is -2.38. The maximum atomic E-state index is 12.2. The van der Waals surface area contributed by atoms with Crippen LogP contribution in [0.4, 0.5) is 13.2 Å². The van der Waals surface area contributed by atoms with Crippen molar-refractivity contribution in [3.8, 4) is 0 Å². The summed E-state index contributed by atoms with van der Waals surface area (Å²) in [4.78, 5) is 0. The van der Waals surface area contributed by atoms with Crippen molar-refractivity contribution in [1.29, 1.82) is 0 Å². The summed E-state index contributed by atoms with van der Waals surface area (Å²) in [5.74, 6) is 0.0624. The Bertz CT molecular complexity index is 202. The van der Waals surface area contributed by atoms with Crippen LogP contribution in [0.25, 0.3) is 0 Å². The molecule has 2 fully saturated rings. The normalized spacial score (nSPS) is 41.1. The number of fused-ring (bicyclic) bond motifs is 2. The van der Waals surface area contributed by atoms with Gasteiger partial charge in [-0.15, -0.1) is 0 Å². The van der Waals surface area contributed by atoms with Gasteiger partial charge in [-0.25, -0.2) is 0 Å². The van der Waals surface area contributed by atoms with Crippen LogP contribution in [-0.4, -0.2) is 17.4 Å². The van der Waals surface area contributed by atoms with E-state index in [4.69, 9.17) is 5.11 Å². The van der Waals surface area contributed by atoms with Crippen LogP contribution in [0.3, 0.4) is 0 Å². The number of halogens is 3. The molecular weight excluding hydrogens is 181 g/mol. The van der Waals surface area contributed by atoms with Gasteiger partial charge in [0.15, 0.2) is 6.10 Å². The zero-order valence-electron chi connectivity index (χ0n) is 7.22. The molecule has 2 bridgehead atoms. The number of hydrogen-bond acceptors (Lipinski definition) is 1. The number of rotatable bonds is 1. The molecule has 0 aromatic heterocycles. The molecule has 13 heavy (non-hydrogen) atoms. The van der Waals surface area contributed by atoms with E-state index in [1.54, 1.807) is 0 Å². The molecule has 0 radical (unpaired) electrons. The molecule has 0 saturated heterocycles. The minimum absolute atomic E-state index is 0.127. The minimum atomic E-state index is -4.42. The Morgan fingerprint density at radius 3 is 2.23 bits per heavy atom. The third kappa shape index (κ3) is 1.56. The van der Waals surface area contributed by atoms with E-state index in [0.29, 0.717) is 12.3 Å².